The van der Waals surface area contributed by atoms with Crippen molar-refractivity contribution in [1.29, 1.82) is 0 Å². The summed E-state index contributed by atoms with van der Waals surface area (Å²) < 4.78 is 0.479. The maximum atomic E-state index is 12.4. The highest BCUT2D eigenvalue weighted by atomic mass is 127. The number of carbonyl (C=O) groups excluding carboxylic acids is 1. The molecule has 2 rings (SSSR count). The van der Waals surface area contributed by atoms with Gasteiger partial charge in [-0.2, -0.15) is 0 Å². The highest BCUT2D eigenvalue weighted by Gasteiger charge is 2.22. The number of aryl methyl sites for hydroxylation is 1. The number of phenolic OH excluding ortho intramolecular Hbond substituents is 1. The van der Waals surface area contributed by atoms with Crippen LogP contribution < -0.4 is 0 Å². The van der Waals surface area contributed by atoms with Crippen molar-refractivity contribution in [3.63, 3.8) is 0 Å². The van der Waals surface area contributed by atoms with E-state index in [1.165, 1.54) is 18.2 Å². The molecule has 2 aromatic carbocycles. The van der Waals surface area contributed by atoms with Gasteiger partial charge in [0.25, 0.3) is 0 Å². The van der Waals surface area contributed by atoms with Gasteiger partial charge in [-0.3, -0.25) is 4.79 Å². The molecule has 4 nitrogen and oxygen atoms in total. The van der Waals surface area contributed by atoms with E-state index >= 15 is 0 Å². The van der Waals surface area contributed by atoms with E-state index in [4.69, 9.17) is 0 Å². The molecule has 0 atom stereocenters. The van der Waals surface area contributed by atoms with Gasteiger partial charge in [-0.05, 0) is 53.3 Å². The summed E-state index contributed by atoms with van der Waals surface area (Å²) in [7, 11) is 0. The largest absolute Gasteiger partial charge is 0.507 e. The summed E-state index contributed by atoms with van der Waals surface area (Å²) in [6, 6.07) is 9.36. The van der Waals surface area contributed by atoms with Gasteiger partial charge in [0.1, 0.15) is 5.75 Å². The fourth-order valence-electron chi connectivity index (χ4n) is 1.91. The van der Waals surface area contributed by atoms with Crippen molar-refractivity contribution in [3.8, 4) is 5.75 Å². The van der Waals surface area contributed by atoms with Crippen LogP contribution in [0, 0.1) is 10.5 Å². The Morgan fingerprint density at radius 1 is 1.10 bits per heavy atom. The van der Waals surface area contributed by atoms with Crippen LogP contribution in [0.15, 0.2) is 36.4 Å². The summed E-state index contributed by atoms with van der Waals surface area (Å²) in [6.07, 6.45) is 0. The normalized spacial score (nSPS) is 10.3. The van der Waals surface area contributed by atoms with E-state index in [0.29, 0.717) is 3.57 Å². The lowest BCUT2D eigenvalue weighted by molar-refractivity contribution is 0.0691. The molecule has 0 aliphatic rings. The van der Waals surface area contributed by atoms with Crippen molar-refractivity contribution in [2.75, 3.05) is 0 Å². The number of carboxylic acid groups (broad SMARTS) is 1. The number of carboxylic acids is 1. The first-order valence-electron chi connectivity index (χ1n) is 5.78. The Balaban J connectivity index is 2.60. The zero-order valence-electron chi connectivity index (χ0n) is 10.6. The predicted molar refractivity (Wildman–Crippen MR) is 82.4 cm³/mol. The van der Waals surface area contributed by atoms with Crippen molar-refractivity contribution in [2.24, 2.45) is 0 Å². The third-order valence-corrected chi connectivity index (χ3v) is 3.77. The summed E-state index contributed by atoms with van der Waals surface area (Å²) >= 11 is 1.87. The minimum absolute atomic E-state index is 0.0434. The van der Waals surface area contributed by atoms with Crippen molar-refractivity contribution < 1.29 is 19.8 Å². The van der Waals surface area contributed by atoms with Gasteiger partial charge in [0.15, 0.2) is 5.78 Å². The molecule has 2 aromatic rings. The number of halogens is 1. The van der Waals surface area contributed by atoms with Crippen molar-refractivity contribution in [1.82, 2.24) is 0 Å². The summed E-state index contributed by atoms with van der Waals surface area (Å²) in [5.41, 5.74) is 0.946. The first-order chi connectivity index (χ1) is 9.41. The second kappa shape index (κ2) is 5.62. The smallest absolute Gasteiger partial charge is 0.337 e. The zero-order valence-corrected chi connectivity index (χ0v) is 12.7. The Labute approximate surface area is 129 Å². The highest BCUT2D eigenvalue weighted by Crippen LogP contribution is 2.25. The van der Waals surface area contributed by atoms with E-state index in [1.807, 2.05) is 22.6 Å². The lowest BCUT2D eigenvalue weighted by Crippen LogP contribution is -2.11. The summed E-state index contributed by atoms with van der Waals surface area (Å²) in [5.74, 6) is -1.81. The number of rotatable bonds is 3. The summed E-state index contributed by atoms with van der Waals surface area (Å²) in [6.45, 7) is 1.79. The molecule has 0 amide bonds. The maximum Gasteiger partial charge on any atom is 0.337 e. The molecule has 2 N–H and O–H groups in total. The molecule has 0 bridgehead atoms. The van der Waals surface area contributed by atoms with E-state index in [9.17, 15) is 19.8 Å². The van der Waals surface area contributed by atoms with Gasteiger partial charge in [0.2, 0.25) is 0 Å². The number of aromatic hydroxyl groups is 1. The van der Waals surface area contributed by atoms with Crippen LogP contribution in [-0.4, -0.2) is 22.0 Å². The number of ketones is 1. The van der Waals surface area contributed by atoms with Gasteiger partial charge < -0.3 is 10.2 Å². The molecule has 20 heavy (non-hydrogen) atoms. The minimum Gasteiger partial charge on any atom is -0.507 e. The molecule has 0 saturated carbocycles. The second-order valence-electron chi connectivity index (χ2n) is 4.32. The monoisotopic (exact) mass is 382 g/mol. The first-order valence-corrected chi connectivity index (χ1v) is 6.86. The quantitative estimate of drug-likeness (QED) is 0.632. The molecule has 0 radical (unpaired) electrons. The molecule has 5 heteroatoms. The van der Waals surface area contributed by atoms with Gasteiger partial charge in [0, 0.05) is 9.13 Å². The van der Waals surface area contributed by atoms with Gasteiger partial charge in [-0.25, -0.2) is 4.79 Å². The molecule has 0 saturated heterocycles. The van der Waals surface area contributed by atoms with Crippen molar-refractivity contribution in [3.05, 3.63) is 62.2 Å². The molecule has 0 heterocycles. The molecular weight excluding hydrogens is 371 g/mol. The Morgan fingerprint density at radius 2 is 1.80 bits per heavy atom. The highest BCUT2D eigenvalue weighted by molar-refractivity contribution is 14.1. The fourth-order valence-corrected chi connectivity index (χ4v) is 2.64. The van der Waals surface area contributed by atoms with Crippen molar-refractivity contribution in [2.45, 2.75) is 6.92 Å². The van der Waals surface area contributed by atoms with E-state index in [0.717, 1.165) is 5.56 Å². The Hall–Kier alpha value is -1.89. The molecule has 0 aliphatic heterocycles. The molecule has 102 valence electrons. The van der Waals surface area contributed by atoms with Crippen LogP contribution in [0.1, 0.15) is 31.8 Å². The molecule has 0 fully saturated rings. The van der Waals surface area contributed by atoms with Crippen LogP contribution in [0.5, 0.6) is 5.75 Å². The van der Waals surface area contributed by atoms with E-state index in [2.05, 4.69) is 0 Å². The molecular formula is C15H11IO4. The second-order valence-corrected chi connectivity index (χ2v) is 5.48. The van der Waals surface area contributed by atoms with E-state index in [1.54, 1.807) is 25.1 Å². The van der Waals surface area contributed by atoms with Crippen molar-refractivity contribution >= 4 is 34.3 Å². The lowest BCUT2D eigenvalue weighted by Gasteiger charge is -2.09. The van der Waals surface area contributed by atoms with Gasteiger partial charge in [-0.15, -0.1) is 0 Å². The van der Waals surface area contributed by atoms with E-state index < -0.39 is 11.8 Å². The van der Waals surface area contributed by atoms with Crippen LogP contribution in [0.25, 0.3) is 0 Å². The molecule has 0 aromatic heterocycles. The first kappa shape index (κ1) is 14.5. The van der Waals surface area contributed by atoms with Gasteiger partial charge in [-0.1, -0.05) is 18.2 Å². The molecule has 0 unspecified atom stereocenters. The number of phenols is 1. The predicted octanol–water partition coefficient (Wildman–Crippen LogP) is 3.23. The maximum absolute atomic E-state index is 12.4. The van der Waals surface area contributed by atoms with Crippen LogP contribution in [0.2, 0.25) is 0 Å². The molecule has 0 spiro atoms. The standard InChI is InChI=1S/C15H11IO4/c1-8-5-6-9(12(17)7-8)14(18)10-3-2-4-11(16)13(10)15(19)20/h2-7,17H,1H3,(H,19,20). The van der Waals surface area contributed by atoms with Crippen LogP contribution in [0.3, 0.4) is 0 Å². The van der Waals surface area contributed by atoms with Crippen LogP contribution >= 0.6 is 22.6 Å². The topological polar surface area (TPSA) is 74.6 Å². The van der Waals surface area contributed by atoms with Crippen LogP contribution in [0.4, 0.5) is 0 Å². The van der Waals surface area contributed by atoms with E-state index in [-0.39, 0.29) is 22.4 Å². The molecule has 0 aliphatic carbocycles. The number of aromatic carboxylic acids is 1. The van der Waals surface area contributed by atoms with Crippen LogP contribution in [-0.2, 0) is 0 Å². The number of hydrogen-bond donors (Lipinski definition) is 2. The number of benzene rings is 2. The Kier molecular flexibility index (Phi) is 4.08. The van der Waals surface area contributed by atoms with Gasteiger partial charge >= 0.3 is 5.97 Å². The Bertz CT molecular complexity index is 707. The third-order valence-electron chi connectivity index (χ3n) is 2.87. The Morgan fingerprint density at radius 3 is 2.40 bits per heavy atom. The SMILES string of the molecule is Cc1ccc(C(=O)c2cccc(I)c2C(=O)O)c(O)c1. The average Bonchev–Trinajstić information content (AvgIpc) is 2.37. The zero-order chi connectivity index (χ0) is 14.9. The van der Waals surface area contributed by atoms with Gasteiger partial charge in [0.05, 0.1) is 11.1 Å². The average molecular weight is 382 g/mol. The fraction of sp³-hybridized carbons (Fsp3) is 0.0667. The number of carbonyl (C=O) groups is 2. The third kappa shape index (κ3) is 2.67. The summed E-state index contributed by atoms with van der Waals surface area (Å²) in [4.78, 5) is 23.7. The number of hydrogen-bond acceptors (Lipinski definition) is 3. The minimum atomic E-state index is -1.16. The summed E-state index contributed by atoms with van der Waals surface area (Å²) in [5, 5.41) is 19.1. The lowest BCUT2D eigenvalue weighted by atomic mass is 9.97.